The van der Waals surface area contributed by atoms with Crippen molar-refractivity contribution in [2.75, 3.05) is 18.4 Å². The van der Waals surface area contributed by atoms with Gasteiger partial charge in [0, 0.05) is 30.3 Å². The van der Waals surface area contributed by atoms with E-state index in [2.05, 4.69) is 5.32 Å². The highest BCUT2D eigenvalue weighted by molar-refractivity contribution is 5.99. The number of ether oxygens (including phenoxy) is 1. The van der Waals surface area contributed by atoms with Crippen molar-refractivity contribution in [2.45, 2.75) is 32.8 Å². The molecule has 0 radical (unpaired) electrons. The van der Waals surface area contributed by atoms with E-state index >= 15 is 0 Å². The zero-order valence-corrected chi connectivity index (χ0v) is 15.9. The van der Waals surface area contributed by atoms with Gasteiger partial charge in [-0.3, -0.25) is 4.79 Å². The maximum Gasteiger partial charge on any atom is 0.321 e. The van der Waals surface area contributed by atoms with Crippen LogP contribution in [0.25, 0.3) is 0 Å². The van der Waals surface area contributed by atoms with Crippen molar-refractivity contribution in [1.82, 2.24) is 4.90 Å². The minimum absolute atomic E-state index is 0.0576. The maximum atomic E-state index is 13.0. The minimum Gasteiger partial charge on any atom is -0.491 e. The summed E-state index contributed by atoms with van der Waals surface area (Å²) in [4.78, 5) is 27.2. The summed E-state index contributed by atoms with van der Waals surface area (Å²) in [6, 6.07) is 16.5. The highest BCUT2D eigenvalue weighted by Gasteiger charge is 2.29. The first-order valence-corrected chi connectivity index (χ1v) is 9.45. The van der Waals surface area contributed by atoms with Gasteiger partial charge in [0.05, 0.1) is 6.10 Å². The number of nitrogens with one attached hydrogen (secondary N) is 1. The number of carbonyl (C=O) groups excluding carboxylic acids is 2. The Bertz CT molecular complexity index is 789. The van der Waals surface area contributed by atoms with E-state index in [1.54, 1.807) is 11.0 Å². The Morgan fingerprint density at radius 2 is 1.89 bits per heavy atom. The summed E-state index contributed by atoms with van der Waals surface area (Å²) in [5.41, 5.74) is 1.40. The molecule has 1 aliphatic rings. The van der Waals surface area contributed by atoms with Gasteiger partial charge in [-0.25, -0.2) is 4.79 Å². The number of urea groups is 1. The number of hydrogen-bond donors (Lipinski definition) is 1. The van der Waals surface area contributed by atoms with Crippen LogP contribution >= 0.6 is 0 Å². The van der Waals surface area contributed by atoms with Crippen LogP contribution in [0.5, 0.6) is 5.75 Å². The van der Waals surface area contributed by atoms with Crippen LogP contribution < -0.4 is 10.1 Å². The van der Waals surface area contributed by atoms with Crippen LogP contribution in [0, 0.1) is 5.92 Å². The van der Waals surface area contributed by atoms with E-state index in [0.717, 1.165) is 18.5 Å². The van der Waals surface area contributed by atoms with Crippen LogP contribution in [0.15, 0.2) is 54.6 Å². The molecule has 1 aliphatic heterocycles. The zero-order chi connectivity index (χ0) is 19.2. The third kappa shape index (κ3) is 5.09. The molecular weight excluding hydrogens is 340 g/mol. The van der Waals surface area contributed by atoms with E-state index in [0.29, 0.717) is 24.4 Å². The quantitative estimate of drug-likeness (QED) is 0.787. The molecule has 5 heteroatoms. The highest BCUT2D eigenvalue weighted by Crippen LogP contribution is 2.24. The van der Waals surface area contributed by atoms with Crippen molar-refractivity contribution in [3.05, 3.63) is 60.2 Å². The van der Waals surface area contributed by atoms with Gasteiger partial charge in [-0.1, -0.05) is 30.3 Å². The van der Waals surface area contributed by atoms with E-state index in [9.17, 15) is 9.59 Å². The predicted molar refractivity (Wildman–Crippen MR) is 106 cm³/mol. The van der Waals surface area contributed by atoms with Crippen molar-refractivity contribution in [3.8, 4) is 5.75 Å². The molecule has 1 atom stereocenters. The number of ketones is 1. The van der Waals surface area contributed by atoms with Gasteiger partial charge in [0.15, 0.2) is 5.78 Å². The van der Waals surface area contributed by atoms with Crippen LogP contribution in [0.2, 0.25) is 0 Å². The number of Topliss-reactive ketones (excluding diaryl/α,β-unsaturated/α-hetero) is 1. The minimum atomic E-state index is -0.186. The lowest BCUT2D eigenvalue weighted by molar-refractivity contribution is 0.0850. The summed E-state index contributed by atoms with van der Waals surface area (Å²) in [6.07, 6.45) is 1.67. The molecular formula is C22H26N2O3. The van der Waals surface area contributed by atoms with Gasteiger partial charge >= 0.3 is 6.03 Å². The molecule has 27 heavy (non-hydrogen) atoms. The third-order valence-corrected chi connectivity index (χ3v) is 4.59. The molecule has 2 aromatic carbocycles. The van der Waals surface area contributed by atoms with Crippen molar-refractivity contribution in [1.29, 1.82) is 0 Å². The number of carbonyl (C=O) groups is 2. The average molecular weight is 366 g/mol. The molecule has 0 aliphatic carbocycles. The molecule has 0 spiro atoms. The summed E-state index contributed by atoms with van der Waals surface area (Å²) in [5.74, 6) is 0.585. The second kappa shape index (κ2) is 8.71. The van der Waals surface area contributed by atoms with Crippen LogP contribution in [-0.4, -0.2) is 35.9 Å². The van der Waals surface area contributed by atoms with Gasteiger partial charge in [0.1, 0.15) is 5.75 Å². The lowest BCUT2D eigenvalue weighted by atomic mass is 9.90. The van der Waals surface area contributed by atoms with Crippen molar-refractivity contribution < 1.29 is 14.3 Å². The molecule has 0 bridgehead atoms. The summed E-state index contributed by atoms with van der Waals surface area (Å²) >= 11 is 0. The number of likely N-dealkylation sites (tertiary alicyclic amines) is 1. The number of nitrogens with zero attached hydrogens (tertiary/aromatic N) is 1. The van der Waals surface area contributed by atoms with E-state index < -0.39 is 0 Å². The Labute approximate surface area is 160 Å². The average Bonchev–Trinajstić information content (AvgIpc) is 2.68. The molecule has 0 aromatic heterocycles. The Kier molecular flexibility index (Phi) is 6.12. The normalized spacial score (nSPS) is 16.9. The van der Waals surface area contributed by atoms with Crippen molar-refractivity contribution in [2.24, 2.45) is 5.92 Å². The number of anilines is 1. The molecule has 3 rings (SSSR count). The fraction of sp³-hybridized carbons (Fsp3) is 0.364. The molecule has 0 saturated carbocycles. The molecule has 1 fully saturated rings. The van der Waals surface area contributed by atoms with Gasteiger partial charge < -0.3 is 15.0 Å². The van der Waals surface area contributed by atoms with Crippen molar-refractivity contribution >= 4 is 17.5 Å². The fourth-order valence-corrected chi connectivity index (χ4v) is 3.33. The lowest BCUT2D eigenvalue weighted by Gasteiger charge is -2.32. The van der Waals surface area contributed by atoms with E-state index in [1.807, 2.05) is 62.4 Å². The molecule has 2 amide bonds. The highest BCUT2D eigenvalue weighted by atomic mass is 16.5. The Hall–Kier alpha value is -2.82. The first-order valence-electron chi connectivity index (χ1n) is 9.45. The number of benzene rings is 2. The van der Waals surface area contributed by atoms with Crippen LogP contribution in [0.1, 0.15) is 37.0 Å². The largest absolute Gasteiger partial charge is 0.491 e. The summed E-state index contributed by atoms with van der Waals surface area (Å²) in [7, 11) is 0. The molecule has 1 saturated heterocycles. The Balaban J connectivity index is 1.65. The van der Waals surface area contributed by atoms with Crippen LogP contribution in [-0.2, 0) is 0 Å². The van der Waals surface area contributed by atoms with E-state index in [4.69, 9.17) is 4.74 Å². The maximum absolute atomic E-state index is 13.0. The van der Waals surface area contributed by atoms with E-state index in [1.165, 1.54) is 0 Å². The molecule has 2 aromatic rings. The monoisotopic (exact) mass is 366 g/mol. The SMILES string of the molecule is CC(C)Oc1cccc(C(=O)C2CCCN(C(=O)Nc3ccccc3)C2)c1. The van der Waals surface area contributed by atoms with E-state index in [-0.39, 0.29) is 23.8 Å². The second-order valence-corrected chi connectivity index (χ2v) is 7.14. The first kappa shape index (κ1) is 19.0. The van der Waals surface area contributed by atoms with Gasteiger partial charge in [-0.05, 0) is 51.0 Å². The summed E-state index contributed by atoms with van der Waals surface area (Å²) < 4.78 is 5.69. The summed E-state index contributed by atoms with van der Waals surface area (Å²) in [6.45, 7) is 5.02. The van der Waals surface area contributed by atoms with Gasteiger partial charge in [0.25, 0.3) is 0 Å². The van der Waals surface area contributed by atoms with Gasteiger partial charge in [-0.15, -0.1) is 0 Å². The fourth-order valence-electron chi connectivity index (χ4n) is 3.33. The Morgan fingerprint density at radius 3 is 2.63 bits per heavy atom. The van der Waals surface area contributed by atoms with Gasteiger partial charge in [0.2, 0.25) is 0 Å². The third-order valence-electron chi connectivity index (χ3n) is 4.59. The first-order chi connectivity index (χ1) is 13.0. The summed E-state index contributed by atoms with van der Waals surface area (Å²) in [5, 5.41) is 2.90. The van der Waals surface area contributed by atoms with Gasteiger partial charge in [-0.2, -0.15) is 0 Å². The smallest absolute Gasteiger partial charge is 0.321 e. The second-order valence-electron chi connectivity index (χ2n) is 7.14. The molecule has 1 N–H and O–H groups in total. The number of hydrogen-bond acceptors (Lipinski definition) is 3. The number of amides is 2. The van der Waals surface area contributed by atoms with Crippen molar-refractivity contribution in [3.63, 3.8) is 0 Å². The molecule has 1 unspecified atom stereocenters. The zero-order valence-electron chi connectivity index (χ0n) is 15.9. The predicted octanol–water partition coefficient (Wildman–Crippen LogP) is 4.60. The number of para-hydroxylation sites is 1. The topological polar surface area (TPSA) is 58.6 Å². The number of rotatable bonds is 5. The number of piperidine rings is 1. The molecule has 142 valence electrons. The molecule has 1 heterocycles. The van der Waals surface area contributed by atoms with Crippen LogP contribution in [0.4, 0.5) is 10.5 Å². The molecule has 5 nitrogen and oxygen atoms in total. The van der Waals surface area contributed by atoms with Crippen LogP contribution in [0.3, 0.4) is 0 Å². The standard InChI is InChI=1S/C22H26N2O3/c1-16(2)27-20-12-6-8-17(14-20)21(25)18-9-7-13-24(15-18)22(26)23-19-10-4-3-5-11-19/h3-6,8,10-12,14,16,18H,7,9,13,15H2,1-2H3,(H,23,26). The Morgan fingerprint density at radius 1 is 1.11 bits per heavy atom. The lowest BCUT2D eigenvalue weighted by Crippen LogP contribution is -2.44.